The van der Waals surface area contributed by atoms with Gasteiger partial charge in [-0.2, -0.15) is 0 Å². The lowest BCUT2D eigenvalue weighted by Gasteiger charge is -2.14. The third-order valence-electron chi connectivity index (χ3n) is 3.76. The highest BCUT2D eigenvalue weighted by atomic mass is 16.6. The summed E-state index contributed by atoms with van der Waals surface area (Å²) in [5.74, 6) is 0. The van der Waals surface area contributed by atoms with Crippen LogP contribution in [0.5, 0.6) is 0 Å². The van der Waals surface area contributed by atoms with Crippen LogP contribution >= 0.6 is 0 Å². The van der Waals surface area contributed by atoms with E-state index in [0.717, 1.165) is 18.4 Å². The third-order valence-corrected chi connectivity index (χ3v) is 3.76. The van der Waals surface area contributed by atoms with Crippen molar-refractivity contribution in [3.63, 3.8) is 0 Å². The Labute approximate surface area is 117 Å². The summed E-state index contributed by atoms with van der Waals surface area (Å²) in [6, 6.07) is 13.7. The molecule has 0 spiro atoms. The van der Waals surface area contributed by atoms with Gasteiger partial charge in [0.05, 0.1) is 4.92 Å². The zero-order valence-electron chi connectivity index (χ0n) is 11.3. The molecule has 3 rings (SSSR count). The van der Waals surface area contributed by atoms with Crippen molar-refractivity contribution in [2.24, 2.45) is 0 Å². The standard InChI is InChI=1S/C16H16N2O2/c1-11-6-7-16(18(19)20)15(8-11)17-14-9-12-4-2-3-5-13(12)10-14/h2-8,14,17H,9-10H2,1H3. The molecule has 1 aliphatic rings. The second kappa shape index (κ2) is 4.96. The lowest BCUT2D eigenvalue weighted by Crippen LogP contribution is -2.20. The van der Waals surface area contributed by atoms with Crippen LogP contribution in [0.3, 0.4) is 0 Å². The molecule has 2 aromatic rings. The second-order valence-corrected chi connectivity index (χ2v) is 5.30. The highest BCUT2D eigenvalue weighted by Gasteiger charge is 2.23. The van der Waals surface area contributed by atoms with Crippen molar-refractivity contribution < 1.29 is 4.92 Å². The molecule has 1 N–H and O–H groups in total. The smallest absolute Gasteiger partial charge is 0.292 e. The van der Waals surface area contributed by atoms with Gasteiger partial charge >= 0.3 is 0 Å². The predicted molar refractivity (Wildman–Crippen MR) is 79.1 cm³/mol. The maximum atomic E-state index is 11.1. The minimum atomic E-state index is -0.329. The van der Waals surface area contributed by atoms with Crippen LogP contribution in [-0.4, -0.2) is 11.0 Å². The molecule has 0 aliphatic heterocycles. The van der Waals surface area contributed by atoms with Crippen molar-refractivity contribution in [1.82, 2.24) is 0 Å². The molecule has 20 heavy (non-hydrogen) atoms. The van der Waals surface area contributed by atoms with Crippen LogP contribution in [0.2, 0.25) is 0 Å². The highest BCUT2D eigenvalue weighted by Crippen LogP contribution is 2.29. The molecule has 0 aromatic heterocycles. The molecule has 0 bridgehead atoms. The van der Waals surface area contributed by atoms with Crippen LogP contribution in [0.25, 0.3) is 0 Å². The number of nitro groups is 1. The summed E-state index contributed by atoms with van der Waals surface area (Å²) < 4.78 is 0. The van der Waals surface area contributed by atoms with Crippen molar-refractivity contribution in [3.8, 4) is 0 Å². The summed E-state index contributed by atoms with van der Waals surface area (Å²) in [7, 11) is 0. The van der Waals surface area contributed by atoms with E-state index in [2.05, 4.69) is 17.4 Å². The normalized spacial score (nSPS) is 14.1. The Morgan fingerprint density at radius 2 is 1.80 bits per heavy atom. The summed E-state index contributed by atoms with van der Waals surface area (Å²) in [5.41, 5.74) is 4.45. The molecule has 0 atom stereocenters. The van der Waals surface area contributed by atoms with E-state index in [4.69, 9.17) is 0 Å². The van der Waals surface area contributed by atoms with Gasteiger partial charge in [-0.15, -0.1) is 0 Å². The fourth-order valence-electron chi connectivity index (χ4n) is 2.81. The SMILES string of the molecule is Cc1ccc([N+](=O)[O-])c(NC2Cc3ccccc3C2)c1. The first kappa shape index (κ1) is 12.7. The first-order chi connectivity index (χ1) is 9.63. The van der Waals surface area contributed by atoms with Gasteiger partial charge in [0.25, 0.3) is 5.69 Å². The Morgan fingerprint density at radius 1 is 1.15 bits per heavy atom. The number of hydrogen-bond acceptors (Lipinski definition) is 3. The molecule has 0 fully saturated rings. The zero-order valence-corrected chi connectivity index (χ0v) is 11.3. The fraction of sp³-hybridized carbons (Fsp3) is 0.250. The Hall–Kier alpha value is -2.36. The van der Waals surface area contributed by atoms with Crippen LogP contribution < -0.4 is 5.32 Å². The number of aryl methyl sites for hydroxylation is 1. The maximum Gasteiger partial charge on any atom is 0.292 e. The average Bonchev–Trinajstić information content (AvgIpc) is 2.80. The number of rotatable bonds is 3. The number of hydrogen-bond donors (Lipinski definition) is 1. The maximum absolute atomic E-state index is 11.1. The molecule has 1 aliphatic carbocycles. The number of nitro benzene ring substituents is 1. The molecule has 0 radical (unpaired) electrons. The number of fused-ring (bicyclic) bond motifs is 1. The van der Waals surface area contributed by atoms with Crippen molar-refractivity contribution >= 4 is 11.4 Å². The van der Waals surface area contributed by atoms with Crippen LogP contribution in [0.15, 0.2) is 42.5 Å². The van der Waals surface area contributed by atoms with Gasteiger partial charge in [-0.1, -0.05) is 30.3 Å². The highest BCUT2D eigenvalue weighted by molar-refractivity contribution is 5.63. The van der Waals surface area contributed by atoms with Gasteiger partial charge in [0.1, 0.15) is 5.69 Å². The largest absolute Gasteiger partial charge is 0.376 e. The van der Waals surface area contributed by atoms with Gasteiger partial charge in [-0.25, -0.2) is 0 Å². The fourth-order valence-corrected chi connectivity index (χ4v) is 2.81. The molecule has 0 unspecified atom stereocenters. The molecular formula is C16H16N2O2. The van der Waals surface area contributed by atoms with Crippen LogP contribution in [-0.2, 0) is 12.8 Å². The van der Waals surface area contributed by atoms with E-state index in [1.54, 1.807) is 12.1 Å². The average molecular weight is 268 g/mol. The van der Waals surface area contributed by atoms with E-state index in [0.29, 0.717) is 5.69 Å². The molecule has 0 saturated heterocycles. The Bertz CT molecular complexity index is 642. The minimum absolute atomic E-state index is 0.145. The second-order valence-electron chi connectivity index (χ2n) is 5.30. The van der Waals surface area contributed by atoms with Crippen molar-refractivity contribution in [2.75, 3.05) is 5.32 Å². The van der Waals surface area contributed by atoms with E-state index >= 15 is 0 Å². The van der Waals surface area contributed by atoms with Crippen molar-refractivity contribution in [2.45, 2.75) is 25.8 Å². The summed E-state index contributed by atoms with van der Waals surface area (Å²) in [6.07, 6.45) is 1.84. The Morgan fingerprint density at radius 3 is 2.40 bits per heavy atom. The molecule has 0 saturated carbocycles. The number of nitrogens with one attached hydrogen (secondary N) is 1. The summed E-state index contributed by atoms with van der Waals surface area (Å²) in [4.78, 5) is 10.8. The molecule has 0 heterocycles. The Kier molecular flexibility index (Phi) is 3.14. The van der Waals surface area contributed by atoms with Crippen LogP contribution in [0.4, 0.5) is 11.4 Å². The van der Waals surface area contributed by atoms with Crippen LogP contribution in [0, 0.1) is 17.0 Å². The van der Waals surface area contributed by atoms with E-state index < -0.39 is 0 Å². The van der Waals surface area contributed by atoms with Crippen LogP contribution in [0.1, 0.15) is 16.7 Å². The van der Waals surface area contributed by atoms with Crippen molar-refractivity contribution in [3.05, 3.63) is 69.3 Å². The predicted octanol–water partition coefficient (Wildman–Crippen LogP) is 3.48. The molecule has 2 aromatic carbocycles. The van der Waals surface area contributed by atoms with E-state index in [9.17, 15) is 10.1 Å². The topological polar surface area (TPSA) is 55.2 Å². The van der Waals surface area contributed by atoms with E-state index in [1.807, 2.05) is 25.1 Å². The summed E-state index contributed by atoms with van der Waals surface area (Å²) >= 11 is 0. The Balaban J connectivity index is 1.83. The van der Waals surface area contributed by atoms with E-state index in [-0.39, 0.29) is 16.7 Å². The van der Waals surface area contributed by atoms with E-state index in [1.165, 1.54) is 11.1 Å². The van der Waals surface area contributed by atoms with Gasteiger partial charge in [-0.05, 0) is 42.5 Å². The number of benzene rings is 2. The molecule has 102 valence electrons. The zero-order chi connectivity index (χ0) is 14.1. The molecule has 4 heteroatoms. The third kappa shape index (κ3) is 2.37. The molecule has 0 amide bonds. The van der Waals surface area contributed by atoms with Gasteiger partial charge in [-0.3, -0.25) is 10.1 Å². The number of anilines is 1. The minimum Gasteiger partial charge on any atom is -0.376 e. The van der Waals surface area contributed by atoms with Crippen molar-refractivity contribution in [1.29, 1.82) is 0 Å². The first-order valence-electron chi connectivity index (χ1n) is 6.72. The molecule has 4 nitrogen and oxygen atoms in total. The van der Waals surface area contributed by atoms with Gasteiger partial charge < -0.3 is 5.32 Å². The lowest BCUT2D eigenvalue weighted by atomic mass is 10.1. The summed E-state index contributed by atoms with van der Waals surface area (Å²) in [5, 5.41) is 14.4. The monoisotopic (exact) mass is 268 g/mol. The molecular weight excluding hydrogens is 252 g/mol. The first-order valence-corrected chi connectivity index (χ1v) is 6.72. The number of nitrogens with zero attached hydrogens (tertiary/aromatic N) is 1. The quantitative estimate of drug-likeness (QED) is 0.685. The van der Waals surface area contributed by atoms with Gasteiger partial charge in [0, 0.05) is 12.1 Å². The lowest BCUT2D eigenvalue weighted by molar-refractivity contribution is -0.384. The van der Waals surface area contributed by atoms with Gasteiger partial charge in [0.15, 0.2) is 0 Å². The summed E-state index contributed by atoms with van der Waals surface area (Å²) in [6.45, 7) is 1.94. The van der Waals surface area contributed by atoms with Gasteiger partial charge in [0.2, 0.25) is 0 Å².